The van der Waals surface area contributed by atoms with E-state index in [1.807, 2.05) is 0 Å². The van der Waals surface area contributed by atoms with Gasteiger partial charge in [-0.2, -0.15) is 0 Å². The fourth-order valence-electron chi connectivity index (χ4n) is 3.56. The molecule has 24 heavy (non-hydrogen) atoms. The van der Waals surface area contributed by atoms with Crippen LogP contribution in [-0.2, 0) is 17.6 Å². The fourth-order valence-corrected chi connectivity index (χ4v) is 3.56. The molecule has 1 aromatic carbocycles. The minimum atomic E-state index is -0.214. The monoisotopic (exact) mass is 324 g/mol. The molecule has 124 valence electrons. The molecule has 0 fully saturated rings. The molecule has 0 bridgehead atoms. The molecule has 6 nitrogen and oxygen atoms in total. The first kappa shape index (κ1) is 14.9. The van der Waals surface area contributed by atoms with E-state index in [0.717, 1.165) is 36.9 Å². The molecule has 1 spiro atoms. The number of ether oxygens (including phenoxy) is 2. The van der Waals surface area contributed by atoms with Gasteiger partial charge < -0.3 is 15.2 Å². The topological polar surface area (TPSA) is 82.6 Å². The molecule has 1 aliphatic carbocycles. The Hall–Kier alpha value is -2.63. The lowest BCUT2D eigenvalue weighted by Crippen LogP contribution is -2.30. The van der Waals surface area contributed by atoms with E-state index >= 15 is 0 Å². The first-order chi connectivity index (χ1) is 11.7. The van der Waals surface area contributed by atoms with Gasteiger partial charge in [-0.3, -0.25) is 4.98 Å². The van der Waals surface area contributed by atoms with Gasteiger partial charge in [-0.25, -0.2) is 9.98 Å². The molecule has 6 heteroatoms. The van der Waals surface area contributed by atoms with E-state index < -0.39 is 0 Å². The third-order valence-corrected chi connectivity index (χ3v) is 4.77. The second-order valence-corrected chi connectivity index (χ2v) is 6.42. The highest BCUT2D eigenvalue weighted by atomic mass is 16.5. The summed E-state index contributed by atoms with van der Waals surface area (Å²) in [6.45, 7) is 0.571. The summed E-state index contributed by atoms with van der Waals surface area (Å²) in [5.41, 5.74) is 10.0. The van der Waals surface area contributed by atoms with Crippen LogP contribution >= 0.6 is 0 Å². The van der Waals surface area contributed by atoms with Crippen LogP contribution < -0.4 is 10.5 Å². The third kappa shape index (κ3) is 2.68. The van der Waals surface area contributed by atoms with E-state index in [9.17, 15) is 0 Å². The Morgan fingerprint density at radius 2 is 2.17 bits per heavy atom. The molecule has 2 aliphatic rings. The molecule has 0 radical (unpaired) electrons. The highest BCUT2D eigenvalue weighted by Crippen LogP contribution is 2.35. The number of aryl methyl sites for hydroxylation is 1. The van der Waals surface area contributed by atoms with Crippen molar-refractivity contribution < 1.29 is 9.47 Å². The van der Waals surface area contributed by atoms with Gasteiger partial charge in [-0.05, 0) is 36.5 Å². The molecule has 1 aliphatic heterocycles. The SMILES string of the molecule is COc1cncc(-c2ccc3c(c2)CC2(CCC3)COC(N)=N2)n1. The summed E-state index contributed by atoms with van der Waals surface area (Å²) in [4.78, 5) is 13.3. The number of methoxy groups -OCH3 is 1. The molecule has 0 saturated carbocycles. The number of fused-ring (bicyclic) bond motifs is 1. The molecule has 4 rings (SSSR count). The zero-order valence-electron chi connectivity index (χ0n) is 13.7. The average molecular weight is 324 g/mol. The number of hydrogen-bond acceptors (Lipinski definition) is 6. The van der Waals surface area contributed by atoms with E-state index in [-0.39, 0.29) is 5.54 Å². The van der Waals surface area contributed by atoms with E-state index in [1.165, 1.54) is 11.1 Å². The normalized spacial score (nSPS) is 22.5. The minimum Gasteiger partial charge on any atom is -0.480 e. The second-order valence-electron chi connectivity index (χ2n) is 6.42. The predicted molar refractivity (Wildman–Crippen MR) is 91.0 cm³/mol. The summed E-state index contributed by atoms with van der Waals surface area (Å²) in [5.74, 6) is 0.514. The van der Waals surface area contributed by atoms with E-state index in [2.05, 4.69) is 33.2 Å². The molecule has 2 aromatic rings. The third-order valence-electron chi connectivity index (χ3n) is 4.77. The zero-order valence-corrected chi connectivity index (χ0v) is 13.7. The molecule has 1 unspecified atom stereocenters. The van der Waals surface area contributed by atoms with Gasteiger partial charge in [-0.15, -0.1) is 0 Å². The summed E-state index contributed by atoms with van der Waals surface area (Å²) < 4.78 is 10.6. The maximum Gasteiger partial charge on any atom is 0.282 e. The highest BCUT2D eigenvalue weighted by Gasteiger charge is 2.37. The van der Waals surface area contributed by atoms with Gasteiger partial charge in [0.05, 0.1) is 25.2 Å². The Morgan fingerprint density at radius 1 is 1.25 bits per heavy atom. The van der Waals surface area contributed by atoms with Gasteiger partial charge >= 0.3 is 0 Å². The van der Waals surface area contributed by atoms with Crippen LogP contribution in [0.4, 0.5) is 0 Å². The predicted octanol–water partition coefficient (Wildman–Crippen LogP) is 2.11. The first-order valence-corrected chi connectivity index (χ1v) is 8.14. The van der Waals surface area contributed by atoms with Crippen LogP contribution in [-0.4, -0.2) is 35.2 Å². The molecule has 1 aromatic heterocycles. The largest absolute Gasteiger partial charge is 0.480 e. The van der Waals surface area contributed by atoms with Crippen molar-refractivity contribution in [2.24, 2.45) is 10.7 Å². The number of hydrogen-bond donors (Lipinski definition) is 1. The van der Waals surface area contributed by atoms with Crippen molar-refractivity contribution in [3.05, 3.63) is 41.7 Å². The molecular formula is C18H20N4O2. The van der Waals surface area contributed by atoms with Crippen molar-refractivity contribution in [1.82, 2.24) is 9.97 Å². The van der Waals surface area contributed by atoms with Crippen LogP contribution in [0, 0.1) is 0 Å². The fraction of sp³-hybridized carbons (Fsp3) is 0.389. The van der Waals surface area contributed by atoms with E-state index in [4.69, 9.17) is 15.2 Å². The second kappa shape index (κ2) is 5.78. The van der Waals surface area contributed by atoms with Crippen LogP contribution in [0.25, 0.3) is 11.3 Å². The number of amidine groups is 1. The summed E-state index contributed by atoms with van der Waals surface area (Å²) >= 11 is 0. The summed E-state index contributed by atoms with van der Waals surface area (Å²) in [6, 6.07) is 6.79. The van der Waals surface area contributed by atoms with Gasteiger partial charge in [0.25, 0.3) is 6.02 Å². The van der Waals surface area contributed by atoms with Gasteiger partial charge in [0.1, 0.15) is 12.1 Å². The molecular weight excluding hydrogens is 304 g/mol. The number of aliphatic imine (C=N–C) groups is 1. The lowest BCUT2D eigenvalue weighted by molar-refractivity contribution is 0.241. The van der Waals surface area contributed by atoms with Gasteiger partial charge in [-0.1, -0.05) is 12.1 Å². The zero-order chi connectivity index (χ0) is 16.6. The number of nitrogens with two attached hydrogens (primary N) is 1. The lowest BCUT2D eigenvalue weighted by Gasteiger charge is -2.22. The number of nitrogens with zero attached hydrogens (tertiary/aromatic N) is 3. The van der Waals surface area contributed by atoms with Crippen molar-refractivity contribution in [3.8, 4) is 17.1 Å². The van der Waals surface area contributed by atoms with E-state index in [0.29, 0.717) is 18.5 Å². The van der Waals surface area contributed by atoms with Crippen molar-refractivity contribution in [3.63, 3.8) is 0 Å². The maximum absolute atomic E-state index is 5.76. The van der Waals surface area contributed by atoms with Crippen LogP contribution in [0.15, 0.2) is 35.6 Å². The van der Waals surface area contributed by atoms with Gasteiger partial charge in [0, 0.05) is 12.0 Å². The van der Waals surface area contributed by atoms with Crippen molar-refractivity contribution in [2.45, 2.75) is 31.2 Å². The van der Waals surface area contributed by atoms with E-state index in [1.54, 1.807) is 19.5 Å². The summed E-state index contributed by atoms with van der Waals surface area (Å²) in [6.07, 6.45) is 7.34. The molecule has 0 amide bonds. The van der Waals surface area contributed by atoms with Crippen LogP contribution in [0.2, 0.25) is 0 Å². The van der Waals surface area contributed by atoms with Crippen LogP contribution in [0.1, 0.15) is 24.0 Å². The first-order valence-electron chi connectivity index (χ1n) is 8.14. The maximum atomic E-state index is 5.76. The van der Waals surface area contributed by atoms with Crippen molar-refractivity contribution in [2.75, 3.05) is 13.7 Å². The summed E-state index contributed by atoms with van der Waals surface area (Å²) in [5, 5.41) is 0. The number of rotatable bonds is 2. The molecule has 2 N–H and O–H groups in total. The highest BCUT2D eigenvalue weighted by molar-refractivity contribution is 5.74. The Bertz CT molecular complexity index is 805. The molecule has 1 atom stereocenters. The van der Waals surface area contributed by atoms with Crippen molar-refractivity contribution >= 4 is 6.02 Å². The average Bonchev–Trinajstić information content (AvgIpc) is 2.86. The minimum absolute atomic E-state index is 0.214. The smallest absolute Gasteiger partial charge is 0.282 e. The van der Waals surface area contributed by atoms with Crippen molar-refractivity contribution in [1.29, 1.82) is 0 Å². The number of aromatic nitrogens is 2. The Kier molecular flexibility index (Phi) is 3.59. The van der Waals surface area contributed by atoms with Crippen LogP contribution in [0.3, 0.4) is 0 Å². The molecule has 2 heterocycles. The Balaban J connectivity index is 1.72. The quantitative estimate of drug-likeness (QED) is 0.915. The van der Waals surface area contributed by atoms with Gasteiger partial charge in [0.15, 0.2) is 0 Å². The van der Waals surface area contributed by atoms with Crippen LogP contribution in [0.5, 0.6) is 5.88 Å². The lowest BCUT2D eigenvalue weighted by atomic mass is 9.89. The Labute approximate surface area is 140 Å². The standard InChI is InChI=1S/C18H20N4O2/c1-23-16-10-20-9-15(21-16)13-5-4-12-3-2-6-18(8-14(12)7-13)11-24-17(19)22-18/h4-5,7,9-10H,2-3,6,8,11H2,1H3,(H2,19,22). The van der Waals surface area contributed by atoms with Gasteiger partial charge in [0.2, 0.25) is 5.88 Å². The Morgan fingerprint density at radius 3 is 2.96 bits per heavy atom. The molecule has 0 saturated heterocycles. The summed E-state index contributed by atoms with van der Waals surface area (Å²) in [7, 11) is 1.59. The number of benzene rings is 1.